The predicted octanol–water partition coefficient (Wildman–Crippen LogP) is 1.94. The van der Waals surface area contributed by atoms with Crippen LogP contribution in [0.3, 0.4) is 0 Å². The quantitative estimate of drug-likeness (QED) is 0.846. The van der Waals surface area contributed by atoms with Crippen molar-refractivity contribution in [2.24, 2.45) is 0 Å². The van der Waals surface area contributed by atoms with Crippen molar-refractivity contribution in [1.29, 1.82) is 0 Å². The van der Waals surface area contributed by atoms with Crippen molar-refractivity contribution in [2.45, 2.75) is 24.8 Å². The lowest BCUT2D eigenvalue weighted by Crippen LogP contribution is -2.35. The van der Waals surface area contributed by atoms with Gasteiger partial charge >= 0.3 is 0 Å². The Hall–Kier alpha value is -2.29. The van der Waals surface area contributed by atoms with Gasteiger partial charge in [-0.05, 0) is 42.8 Å². The molecule has 1 amide bonds. The number of hydrogen-bond donors (Lipinski definition) is 1. The van der Waals surface area contributed by atoms with Gasteiger partial charge in [0.15, 0.2) is 0 Å². The lowest BCUT2D eigenvalue weighted by atomic mass is 10.2. The van der Waals surface area contributed by atoms with Gasteiger partial charge < -0.3 is 5.32 Å². The van der Waals surface area contributed by atoms with E-state index in [9.17, 15) is 13.2 Å². The molecule has 1 aromatic heterocycles. The summed E-state index contributed by atoms with van der Waals surface area (Å²) >= 11 is 0. The molecule has 0 bridgehead atoms. The van der Waals surface area contributed by atoms with Crippen LogP contribution in [0.4, 0.5) is 5.69 Å². The van der Waals surface area contributed by atoms with Crippen LogP contribution in [0.25, 0.3) is 0 Å². The summed E-state index contributed by atoms with van der Waals surface area (Å²) in [6, 6.07) is 10.3. The van der Waals surface area contributed by atoms with Gasteiger partial charge in [-0.15, -0.1) is 0 Å². The van der Waals surface area contributed by atoms with Gasteiger partial charge in [-0.2, -0.15) is 4.31 Å². The second-order valence-corrected chi connectivity index (χ2v) is 8.54. The van der Waals surface area contributed by atoms with Crippen LogP contribution in [0.5, 0.6) is 0 Å². The summed E-state index contributed by atoms with van der Waals surface area (Å²) in [4.78, 5) is 17.8. The minimum absolute atomic E-state index is 0.203. The number of carbonyl (C=O) groups is 1. The van der Waals surface area contributed by atoms with Crippen LogP contribution < -0.4 is 5.32 Å². The zero-order valence-corrected chi connectivity index (χ0v) is 16.2. The second kappa shape index (κ2) is 8.60. The fraction of sp³-hybridized carbons (Fsp3) is 0.368. The largest absolute Gasteiger partial charge is 0.326 e. The molecule has 1 aliphatic heterocycles. The van der Waals surface area contributed by atoms with Crippen molar-refractivity contribution >= 4 is 21.6 Å². The first-order valence-corrected chi connectivity index (χ1v) is 10.4. The van der Waals surface area contributed by atoms with Gasteiger partial charge in [-0.1, -0.05) is 12.1 Å². The first-order valence-electron chi connectivity index (χ1n) is 8.94. The number of anilines is 1. The molecular formula is C19H24N4O3S. The van der Waals surface area contributed by atoms with E-state index in [0.29, 0.717) is 25.3 Å². The summed E-state index contributed by atoms with van der Waals surface area (Å²) in [7, 11) is -3.60. The topological polar surface area (TPSA) is 82.6 Å². The Labute approximate surface area is 160 Å². The molecule has 8 heteroatoms. The highest BCUT2D eigenvalue weighted by Crippen LogP contribution is 2.21. The molecule has 0 radical (unpaired) electrons. The molecular weight excluding hydrogens is 364 g/mol. The maximum Gasteiger partial charge on any atom is 0.243 e. The Bertz CT molecular complexity index is 887. The molecule has 7 nitrogen and oxygen atoms in total. The van der Waals surface area contributed by atoms with E-state index in [1.54, 1.807) is 24.4 Å². The normalized spacial score (nSPS) is 16.6. The van der Waals surface area contributed by atoms with E-state index in [2.05, 4.69) is 15.2 Å². The smallest absolute Gasteiger partial charge is 0.243 e. The molecule has 0 aliphatic carbocycles. The highest BCUT2D eigenvalue weighted by Gasteiger charge is 2.27. The second-order valence-electron chi connectivity index (χ2n) is 6.60. The summed E-state index contributed by atoms with van der Waals surface area (Å²) in [5.41, 5.74) is 1.61. The van der Waals surface area contributed by atoms with Crippen LogP contribution in [0.1, 0.15) is 18.9 Å². The van der Waals surface area contributed by atoms with E-state index in [1.165, 1.54) is 17.3 Å². The average molecular weight is 388 g/mol. The molecule has 2 aromatic rings. The maximum atomic E-state index is 13.0. The average Bonchev–Trinajstić information content (AvgIpc) is 2.88. The highest BCUT2D eigenvalue weighted by atomic mass is 32.2. The van der Waals surface area contributed by atoms with E-state index >= 15 is 0 Å². The summed E-state index contributed by atoms with van der Waals surface area (Å²) in [5, 5.41) is 2.63. The van der Waals surface area contributed by atoms with Gasteiger partial charge in [-0.25, -0.2) is 8.42 Å². The van der Waals surface area contributed by atoms with Crippen molar-refractivity contribution in [2.75, 3.05) is 31.5 Å². The number of sulfonamides is 1. The number of rotatable bonds is 5. The van der Waals surface area contributed by atoms with Crippen LogP contribution >= 0.6 is 0 Å². The summed E-state index contributed by atoms with van der Waals surface area (Å²) in [6.07, 6.45) is 4.35. The molecule has 0 saturated carbocycles. The summed E-state index contributed by atoms with van der Waals surface area (Å²) < 4.78 is 27.6. The lowest BCUT2D eigenvalue weighted by Gasteiger charge is -2.22. The fourth-order valence-corrected chi connectivity index (χ4v) is 4.70. The number of pyridine rings is 1. The van der Waals surface area contributed by atoms with Crippen molar-refractivity contribution in [3.8, 4) is 0 Å². The molecule has 27 heavy (non-hydrogen) atoms. The highest BCUT2D eigenvalue weighted by molar-refractivity contribution is 7.89. The third-order valence-electron chi connectivity index (χ3n) is 4.47. The molecule has 1 N–H and O–H groups in total. The van der Waals surface area contributed by atoms with Crippen LogP contribution in [-0.4, -0.2) is 54.7 Å². The summed E-state index contributed by atoms with van der Waals surface area (Å²) in [6.45, 7) is 4.59. The zero-order chi connectivity index (χ0) is 19.3. The van der Waals surface area contributed by atoms with Crippen LogP contribution in [-0.2, 0) is 21.4 Å². The third-order valence-corrected chi connectivity index (χ3v) is 6.36. The maximum absolute atomic E-state index is 13.0. The Morgan fingerprint density at radius 3 is 2.74 bits per heavy atom. The van der Waals surface area contributed by atoms with E-state index in [4.69, 9.17) is 0 Å². The summed E-state index contributed by atoms with van der Waals surface area (Å²) in [5.74, 6) is -0.231. The number of nitrogens with zero attached hydrogens (tertiary/aromatic N) is 3. The Kier molecular flexibility index (Phi) is 6.20. The Morgan fingerprint density at radius 1 is 1.15 bits per heavy atom. The number of carbonyl (C=O) groups excluding carboxylic acids is 1. The molecule has 0 atom stereocenters. The monoisotopic (exact) mass is 388 g/mol. The van der Waals surface area contributed by atoms with Crippen molar-refractivity contribution in [3.63, 3.8) is 0 Å². The minimum atomic E-state index is -3.60. The number of hydrogen-bond acceptors (Lipinski definition) is 5. The van der Waals surface area contributed by atoms with Crippen molar-refractivity contribution < 1.29 is 13.2 Å². The van der Waals surface area contributed by atoms with Crippen LogP contribution in [0.2, 0.25) is 0 Å². The molecule has 1 aromatic carbocycles. The third kappa shape index (κ3) is 5.12. The number of amides is 1. The van der Waals surface area contributed by atoms with Crippen LogP contribution in [0.15, 0.2) is 53.7 Å². The van der Waals surface area contributed by atoms with Crippen LogP contribution in [0, 0.1) is 0 Å². The van der Waals surface area contributed by atoms with Crippen molar-refractivity contribution in [3.05, 3.63) is 54.4 Å². The van der Waals surface area contributed by atoms with E-state index in [-0.39, 0.29) is 10.8 Å². The number of nitrogens with one attached hydrogen (secondary N) is 1. The van der Waals surface area contributed by atoms with E-state index in [0.717, 1.165) is 25.1 Å². The Balaban J connectivity index is 1.69. The molecule has 0 unspecified atom stereocenters. The zero-order valence-electron chi connectivity index (χ0n) is 15.3. The fourth-order valence-electron chi connectivity index (χ4n) is 3.18. The molecule has 1 saturated heterocycles. The van der Waals surface area contributed by atoms with E-state index < -0.39 is 10.0 Å². The standard InChI is InChI=1S/C19H24N4O3S/c1-16(24)21-18-6-2-7-19(13-18)27(25,26)23-10-4-9-22(11-12-23)15-17-5-3-8-20-14-17/h2-3,5-8,13-14H,4,9-12,15H2,1H3,(H,21,24). The Morgan fingerprint density at radius 2 is 2.00 bits per heavy atom. The van der Waals surface area contributed by atoms with Gasteiger partial charge in [0, 0.05) is 51.2 Å². The minimum Gasteiger partial charge on any atom is -0.326 e. The molecule has 144 valence electrons. The lowest BCUT2D eigenvalue weighted by molar-refractivity contribution is -0.114. The van der Waals surface area contributed by atoms with Gasteiger partial charge in [0.25, 0.3) is 0 Å². The SMILES string of the molecule is CC(=O)Nc1cccc(S(=O)(=O)N2CCCN(Cc3cccnc3)CC2)c1. The molecule has 0 spiro atoms. The van der Waals surface area contributed by atoms with E-state index in [1.807, 2.05) is 18.3 Å². The van der Waals surface area contributed by atoms with Gasteiger partial charge in [0.2, 0.25) is 15.9 Å². The number of benzene rings is 1. The van der Waals surface area contributed by atoms with Gasteiger partial charge in [-0.3, -0.25) is 14.7 Å². The number of aromatic nitrogens is 1. The van der Waals surface area contributed by atoms with Gasteiger partial charge in [0.05, 0.1) is 4.90 Å². The molecule has 1 aliphatic rings. The molecule has 1 fully saturated rings. The van der Waals surface area contributed by atoms with Crippen molar-refractivity contribution in [1.82, 2.24) is 14.2 Å². The molecule has 2 heterocycles. The van der Waals surface area contributed by atoms with Gasteiger partial charge in [0.1, 0.15) is 0 Å². The predicted molar refractivity (Wildman–Crippen MR) is 104 cm³/mol. The first kappa shape index (κ1) is 19.5. The first-order chi connectivity index (χ1) is 12.9. The molecule has 3 rings (SSSR count).